The van der Waals surface area contributed by atoms with Crippen molar-refractivity contribution in [3.63, 3.8) is 0 Å². The molecule has 2 nitrogen and oxygen atoms in total. The summed E-state index contributed by atoms with van der Waals surface area (Å²) < 4.78 is 10.3. The van der Waals surface area contributed by atoms with Crippen LogP contribution in [0, 0.1) is 0 Å². The van der Waals surface area contributed by atoms with Crippen molar-refractivity contribution in [2.45, 2.75) is 11.8 Å². The van der Waals surface area contributed by atoms with E-state index >= 15 is 0 Å². The molecule has 0 aliphatic carbocycles. The smallest absolute Gasteiger partial charge is 0.506 e. The summed E-state index contributed by atoms with van der Waals surface area (Å²) in [6.07, 6.45) is 0. The average molecular weight is 182 g/mol. The van der Waals surface area contributed by atoms with Gasteiger partial charge in [-0.25, -0.2) is 0 Å². The maximum Gasteiger partial charge on any atom is 0.506 e. The highest BCUT2D eigenvalue weighted by Crippen LogP contribution is 2.13. The minimum Gasteiger partial charge on any atom is -0.539 e. The molecule has 0 spiro atoms. The van der Waals surface area contributed by atoms with Crippen molar-refractivity contribution < 1.29 is 9.31 Å². The third kappa shape index (κ3) is 3.20. The molecule has 0 heterocycles. The molecule has 64 valence electrons. The molecular weight excluding hydrogens is 171 g/mol. The second kappa shape index (κ2) is 5.11. The molecule has 12 heavy (non-hydrogen) atoms. The first-order valence-corrected chi connectivity index (χ1v) is 4.27. The van der Waals surface area contributed by atoms with E-state index in [1.807, 2.05) is 31.2 Å². The lowest BCUT2D eigenvalue weighted by molar-refractivity contribution is 0.308. The van der Waals surface area contributed by atoms with Crippen LogP contribution >= 0.6 is 12.6 Å². The summed E-state index contributed by atoms with van der Waals surface area (Å²) in [4.78, 5) is 0.929. The largest absolute Gasteiger partial charge is 0.539 e. The van der Waals surface area contributed by atoms with Crippen LogP contribution in [0.1, 0.15) is 6.92 Å². The molecule has 0 saturated heterocycles. The number of thiol groups is 1. The second-order valence-corrected chi connectivity index (χ2v) is 2.77. The van der Waals surface area contributed by atoms with Gasteiger partial charge < -0.3 is 9.31 Å². The van der Waals surface area contributed by atoms with Gasteiger partial charge in [0.05, 0.1) is 0 Å². The SMILES string of the molecule is CCOBOc1ccc(S)cc1. The summed E-state index contributed by atoms with van der Waals surface area (Å²) in [5, 5.41) is 0. The Labute approximate surface area is 78.6 Å². The molecule has 4 heteroatoms. The van der Waals surface area contributed by atoms with Crippen LogP contribution in [0.3, 0.4) is 0 Å². The molecule has 0 aromatic heterocycles. The molecule has 0 bridgehead atoms. The van der Waals surface area contributed by atoms with E-state index in [1.165, 1.54) is 0 Å². The Bertz CT molecular complexity index is 225. The molecule has 1 rings (SSSR count). The zero-order chi connectivity index (χ0) is 8.81. The summed E-state index contributed by atoms with van der Waals surface area (Å²) in [5.74, 6) is 0.807. The predicted molar refractivity (Wildman–Crippen MR) is 53.1 cm³/mol. The van der Waals surface area contributed by atoms with Gasteiger partial charge in [-0.2, -0.15) is 0 Å². The predicted octanol–water partition coefficient (Wildman–Crippen LogP) is 1.66. The van der Waals surface area contributed by atoms with Crippen LogP contribution < -0.4 is 4.65 Å². The summed E-state index contributed by atoms with van der Waals surface area (Å²) in [6, 6.07) is 7.48. The minimum atomic E-state index is 0.308. The maximum atomic E-state index is 5.25. The van der Waals surface area contributed by atoms with Gasteiger partial charge in [-0.1, -0.05) is 0 Å². The van der Waals surface area contributed by atoms with Crippen molar-refractivity contribution in [2.75, 3.05) is 6.61 Å². The standard InChI is InChI=1S/C8H11BO2S/c1-2-10-9-11-7-3-5-8(12)6-4-7/h3-6,9,12H,2H2,1H3. The Hall–Kier alpha value is -0.605. The van der Waals surface area contributed by atoms with Crippen molar-refractivity contribution in [3.05, 3.63) is 24.3 Å². The molecule has 0 saturated carbocycles. The van der Waals surface area contributed by atoms with Gasteiger partial charge in [-0.05, 0) is 31.2 Å². The summed E-state index contributed by atoms with van der Waals surface area (Å²) in [7, 11) is 0.308. The fourth-order valence-corrected chi connectivity index (χ4v) is 0.884. The highest BCUT2D eigenvalue weighted by molar-refractivity contribution is 7.80. The first-order valence-electron chi connectivity index (χ1n) is 3.82. The number of benzene rings is 1. The molecular formula is C8H11BO2S. The Kier molecular flexibility index (Phi) is 4.04. The zero-order valence-electron chi connectivity index (χ0n) is 6.99. The van der Waals surface area contributed by atoms with Crippen LogP contribution in [0.5, 0.6) is 5.75 Å². The van der Waals surface area contributed by atoms with Gasteiger partial charge in [0, 0.05) is 11.5 Å². The lowest BCUT2D eigenvalue weighted by Crippen LogP contribution is -2.06. The van der Waals surface area contributed by atoms with Gasteiger partial charge >= 0.3 is 7.69 Å². The van der Waals surface area contributed by atoms with E-state index in [-0.39, 0.29) is 0 Å². The van der Waals surface area contributed by atoms with E-state index in [4.69, 9.17) is 9.31 Å². The molecule has 0 amide bonds. The van der Waals surface area contributed by atoms with Crippen LogP contribution in [0.25, 0.3) is 0 Å². The van der Waals surface area contributed by atoms with Gasteiger partial charge in [-0.3, -0.25) is 0 Å². The van der Waals surface area contributed by atoms with E-state index in [1.54, 1.807) is 0 Å². The van der Waals surface area contributed by atoms with Crippen molar-refractivity contribution >= 4 is 20.3 Å². The molecule has 0 aliphatic rings. The maximum absolute atomic E-state index is 5.25. The Balaban J connectivity index is 2.37. The van der Waals surface area contributed by atoms with Gasteiger partial charge in [-0.15, -0.1) is 12.6 Å². The first kappa shape index (κ1) is 9.48. The third-order valence-electron chi connectivity index (χ3n) is 1.35. The lowest BCUT2D eigenvalue weighted by Gasteiger charge is -2.03. The van der Waals surface area contributed by atoms with Crippen LogP contribution in [0.15, 0.2) is 29.2 Å². The van der Waals surface area contributed by atoms with Gasteiger partial charge in [0.1, 0.15) is 5.75 Å². The second-order valence-electron chi connectivity index (χ2n) is 2.25. The van der Waals surface area contributed by atoms with Crippen LogP contribution in [-0.4, -0.2) is 14.3 Å². The zero-order valence-corrected chi connectivity index (χ0v) is 7.88. The van der Waals surface area contributed by atoms with Gasteiger partial charge in [0.2, 0.25) is 0 Å². The summed E-state index contributed by atoms with van der Waals surface area (Å²) >= 11 is 4.15. The number of hydrogen-bond donors (Lipinski definition) is 1. The van der Waals surface area contributed by atoms with E-state index in [0.717, 1.165) is 10.6 Å². The molecule has 0 aliphatic heterocycles. The quantitative estimate of drug-likeness (QED) is 0.433. The van der Waals surface area contributed by atoms with E-state index in [2.05, 4.69) is 12.6 Å². The van der Waals surface area contributed by atoms with E-state index in [0.29, 0.717) is 14.3 Å². The minimum absolute atomic E-state index is 0.308. The lowest BCUT2D eigenvalue weighted by atomic mass is 10.3. The van der Waals surface area contributed by atoms with Crippen LogP contribution in [-0.2, 0) is 4.65 Å². The highest BCUT2D eigenvalue weighted by atomic mass is 32.1. The van der Waals surface area contributed by atoms with Gasteiger partial charge in [0.15, 0.2) is 0 Å². The van der Waals surface area contributed by atoms with Crippen LogP contribution in [0.2, 0.25) is 0 Å². The number of hydrogen-bond acceptors (Lipinski definition) is 3. The fourth-order valence-electron chi connectivity index (χ4n) is 0.735. The van der Waals surface area contributed by atoms with Crippen molar-refractivity contribution in [1.82, 2.24) is 0 Å². The van der Waals surface area contributed by atoms with Crippen molar-refractivity contribution in [1.29, 1.82) is 0 Å². The molecule has 0 N–H and O–H groups in total. The normalized spacial score (nSPS) is 9.50. The van der Waals surface area contributed by atoms with E-state index in [9.17, 15) is 0 Å². The molecule has 1 aromatic rings. The topological polar surface area (TPSA) is 18.5 Å². The molecule has 0 unspecified atom stereocenters. The average Bonchev–Trinajstić information content (AvgIpc) is 2.09. The Morgan fingerprint density at radius 2 is 2.00 bits per heavy atom. The third-order valence-corrected chi connectivity index (χ3v) is 1.65. The van der Waals surface area contributed by atoms with E-state index < -0.39 is 0 Å². The fraction of sp³-hybridized carbons (Fsp3) is 0.250. The van der Waals surface area contributed by atoms with Crippen LogP contribution in [0.4, 0.5) is 0 Å². The monoisotopic (exact) mass is 182 g/mol. The molecule has 1 aromatic carbocycles. The van der Waals surface area contributed by atoms with Gasteiger partial charge in [0.25, 0.3) is 0 Å². The van der Waals surface area contributed by atoms with Crippen molar-refractivity contribution in [2.24, 2.45) is 0 Å². The molecule has 0 atom stereocenters. The number of rotatable bonds is 4. The Morgan fingerprint density at radius 3 is 2.58 bits per heavy atom. The summed E-state index contributed by atoms with van der Waals surface area (Å²) in [5.41, 5.74) is 0. The highest BCUT2D eigenvalue weighted by Gasteiger charge is 1.94. The van der Waals surface area contributed by atoms with Crippen molar-refractivity contribution in [3.8, 4) is 5.75 Å². The first-order chi connectivity index (χ1) is 5.83. The summed E-state index contributed by atoms with van der Waals surface area (Å²) in [6.45, 7) is 2.60. The molecule has 0 fully saturated rings. The molecule has 0 radical (unpaired) electrons. The Morgan fingerprint density at radius 1 is 1.33 bits per heavy atom.